The Balaban J connectivity index is 2.39. The fraction of sp³-hybridized carbons (Fsp3) is 0.412. The van der Waals surface area contributed by atoms with Crippen molar-refractivity contribution in [3.05, 3.63) is 56.8 Å². The van der Waals surface area contributed by atoms with Gasteiger partial charge in [0.15, 0.2) is 0 Å². The zero-order valence-corrected chi connectivity index (χ0v) is 13.1. The molecule has 1 aromatic heterocycles. The highest BCUT2D eigenvalue weighted by atomic mass is 32.1. The van der Waals surface area contributed by atoms with E-state index in [0.29, 0.717) is 6.04 Å². The van der Waals surface area contributed by atoms with E-state index in [-0.39, 0.29) is 0 Å². The molecule has 1 heterocycles. The molecule has 0 aliphatic carbocycles. The summed E-state index contributed by atoms with van der Waals surface area (Å²) < 4.78 is 0. The SMILES string of the molecule is CCCNC(c1ccc(C)s1)c1cc(C)ccc1C. The summed E-state index contributed by atoms with van der Waals surface area (Å²) >= 11 is 1.89. The third-order valence-electron chi connectivity index (χ3n) is 3.39. The monoisotopic (exact) mass is 273 g/mol. The summed E-state index contributed by atoms with van der Waals surface area (Å²) in [6, 6.07) is 11.5. The Morgan fingerprint density at radius 1 is 1.11 bits per heavy atom. The molecular formula is C17H23NS. The van der Waals surface area contributed by atoms with Gasteiger partial charge >= 0.3 is 0 Å². The molecule has 0 spiro atoms. The van der Waals surface area contributed by atoms with Crippen LogP contribution < -0.4 is 5.32 Å². The van der Waals surface area contributed by atoms with Gasteiger partial charge in [0, 0.05) is 9.75 Å². The van der Waals surface area contributed by atoms with Gasteiger partial charge in [0.2, 0.25) is 0 Å². The van der Waals surface area contributed by atoms with Crippen molar-refractivity contribution in [3.63, 3.8) is 0 Å². The lowest BCUT2D eigenvalue weighted by Crippen LogP contribution is -2.23. The Labute approximate surface area is 120 Å². The minimum absolute atomic E-state index is 0.332. The van der Waals surface area contributed by atoms with Crippen LogP contribution >= 0.6 is 11.3 Å². The summed E-state index contributed by atoms with van der Waals surface area (Å²) in [6.07, 6.45) is 1.16. The van der Waals surface area contributed by atoms with E-state index in [1.165, 1.54) is 26.4 Å². The van der Waals surface area contributed by atoms with Crippen molar-refractivity contribution in [1.29, 1.82) is 0 Å². The number of nitrogens with one attached hydrogen (secondary N) is 1. The third-order valence-corrected chi connectivity index (χ3v) is 4.46. The molecule has 0 radical (unpaired) electrons. The molecule has 1 N–H and O–H groups in total. The number of hydrogen-bond acceptors (Lipinski definition) is 2. The quantitative estimate of drug-likeness (QED) is 0.828. The molecule has 0 aliphatic heterocycles. The second-order valence-electron chi connectivity index (χ2n) is 5.20. The smallest absolute Gasteiger partial charge is 0.0673 e. The molecule has 0 saturated carbocycles. The Hall–Kier alpha value is -1.12. The van der Waals surface area contributed by atoms with Gasteiger partial charge in [-0.25, -0.2) is 0 Å². The summed E-state index contributed by atoms with van der Waals surface area (Å²) in [7, 11) is 0. The van der Waals surface area contributed by atoms with E-state index in [0.717, 1.165) is 13.0 Å². The van der Waals surface area contributed by atoms with Crippen LogP contribution in [0, 0.1) is 20.8 Å². The average Bonchev–Trinajstić information content (AvgIpc) is 2.80. The van der Waals surface area contributed by atoms with Crippen LogP contribution in [0.2, 0.25) is 0 Å². The second-order valence-corrected chi connectivity index (χ2v) is 6.52. The summed E-state index contributed by atoms with van der Waals surface area (Å²) in [5.74, 6) is 0. The van der Waals surface area contributed by atoms with E-state index < -0.39 is 0 Å². The van der Waals surface area contributed by atoms with Crippen LogP contribution in [0.25, 0.3) is 0 Å². The zero-order chi connectivity index (χ0) is 13.8. The summed E-state index contributed by atoms with van der Waals surface area (Å²) in [6.45, 7) is 9.81. The zero-order valence-electron chi connectivity index (χ0n) is 12.3. The molecule has 1 unspecified atom stereocenters. The second kappa shape index (κ2) is 6.36. The predicted molar refractivity (Wildman–Crippen MR) is 85.1 cm³/mol. The normalized spacial score (nSPS) is 12.6. The molecule has 102 valence electrons. The fourth-order valence-corrected chi connectivity index (χ4v) is 3.30. The maximum absolute atomic E-state index is 3.69. The van der Waals surface area contributed by atoms with Crippen molar-refractivity contribution in [1.82, 2.24) is 5.32 Å². The van der Waals surface area contributed by atoms with Gasteiger partial charge in [-0.1, -0.05) is 30.7 Å². The van der Waals surface area contributed by atoms with Crippen LogP contribution in [0.3, 0.4) is 0 Å². The summed E-state index contributed by atoms with van der Waals surface area (Å²) in [5, 5.41) is 3.69. The molecule has 2 rings (SSSR count). The van der Waals surface area contributed by atoms with Gasteiger partial charge in [-0.15, -0.1) is 11.3 Å². The lowest BCUT2D eigenvalue weighted by molar-refractivity contribution is 0.603. The lowest BCUT2D eigenvalue weighted by Gasteiger charge is -2.20. The van der Waals surface area contributed by atoms with E-state index in [4.69, 9.17) is 0 Å². The largest absolute Gasteiger partial charge is 0.306 e. The maximum Gasteiger partial charge on any atom is 0.0673 e. The molecule has 19 heavy (non-hydrogen) atoms. The predicted octanol–water partition coefficient (Wildman–Crippen LogP) is 4.76. The standard InChI is InChI=1S/C17H23NS/c1-5-10-18-17(16-9-8-14(4)19-16)15-11-12(2)6-7-13(15)3/h6-9,11,17-18H,5,10H2,1-4H3. The van der Waals surface area contributed by atoms with Crippen molar-refractivity contribution in [2.24, 2.45) is 0 Å². The van der Waals surface area contributed by atoms with Gasteiger partial charge in [0.25, 0.3) is 0 Å². The van der Waals surface area contributed by atoms with E-state index in [9.17, 15) is 0 Å². The molecule has 0 bridgehead atoms. The van der Waals surface area contributed by atoms with Crippen molar-refractivity contribution in [3.8, 4) is 0 Å². The highest BCUT2D eigenvalue weighted by Gasteiger charge is 2.17. The van der Waals surface area contributed by atoms with E-state index in [1.54, 1.807) is 0 Å². The number of aryl methyl sites for hydroxylation is 3. The molecule has 1 nitrogen and oxygen atoms in total. The van der Waals surface area contributed by atoms with Gasteiger partial charge in [0.05, 0.1) is 6.04 Å². The van der Waals surface area contributed by atoms with Crippen molar-refractivity contribution in [2.75, 3.05) is 6.54 Å². The minimum Gasteiger partial charge on any atom is -0.306 e. The van der Waals surface area contributed by atoms with E-state index in [2.05, 4.69) is 63.3 Å². The van der Waals surface area contributed by atoms with Crippen molar-refractivity contribution in [2.45, 2.75) is 40.2 Å². The first-order valence-corrected chi connectivity index (χ1v) is 7.80. The van der Waals surface area contributed by atoms with Crippen LogP contribution in [0.15, 0.2) is 30.3 Å². The molecule has 0 fully saturated rings. The number of benzene rings is 1. The molecular weight excluding hydrogens is 250 g/mol. The summed E-state index contributed by atoms with van der Waals surface area (Å²) in [5.41, 5.74) is 4.11. The number of hydrogen-bond donors (Lipinski definition) is 1. The number of rotatable bonds is 5. The minimum atomic E-state index is 0.332. The highest BCUT2D eigenvalue weighted by Crippen LogP contribution is 2.30. The van der Waals surface area contributed by atoms with E-state index >= 15 is 0 Å². The molecule has 2 heteroatoms. The molecule has 0 amide bonds. The Morgan fingerprint density at radius 2 is 1.89 bits per heavy atom. The fourth-order valence-electron chi connectivity index (χ4n) is 2.33. The van der Waals surface area contributed by atoms with Crippen LogP contribution in [0.5, 0.6) is 0 Å². The summed E-state index contributed by atoms with van der Waals surface area (Å²) in [4.78, 5) is 2.79. The Morgan fingerprint density at radius 3 is 2.53 bits per heavy atom. The first-order chi connectivity index (χ1) is 9.11. The van der Waals surface area contributed by atoms with Gasteiger partial charge < -0.3 is 5.32 Å². The van der Waals surface area contributed by atoms with Gasteiger partial charge in [0.1, 0.15) is 0 Å². The van der Waals surface area contributed by atoms with Crippen LogP contribution in [0.1, 0.15) is 45.8 Å². The van der Waals surface area contributed by atoms with Gasteiger partial charge in [-0.2, -0.15) is 0 Å². The average molecular weight is 273 g/mol. The Kier molecular flexibility index (Phi) is 4.78. The molecule has 1 atom stereocenters. The van der Waals surface area contributed by atoms with Crippen LogP contribution in [-0.4, -0.2) is 6.54 Å². The topological polar surface area (TPSA) is 12.0 Å². The molecule has 0 saturated heterocycles. The maximum atomic E-state index is 3.69. The van der Waals surface area contributed by atoms with E-state index in [1.807, 2.05) is 11.3 Å². The van der Waals surface area contributed by atoms with Gasteiger partial charge in [-0.3, -0.25) is 0 Å². The first kappa shape index (κ1) is 14.3. The molecule has 1 aromatic carbocycles. The lowest BCUT2D eigenvalue weighted by atomic mass is 9.97. The first-order valence-electron chi connectivity index (χ1n) is 6.98. The molecule has 0 aliphatic rings. The Bertz CT molecular complexity index is 542. The third kappa shape index (κ3) is 3.46. The van der Waals surface area contributed by atoms with Gasteiger partial charge in [-0.05, 0) is 57.0 Å². The highest BCUT2D eigenvalue weighted by molar-refractivity contribution is 7.12. The van der Waals surface area contributed by atoms with Crippen LogP contribution in [0.4, 0.5) is 0 Å². The van der Waals surface area contributed by atoms with Crippen molar-refractivity contribution < 1.29 is 0 Å². The van der Waals surface area contributed by atoms with Crippen LogP contribution in [-0.2, 0) is 0 Å². The molecule has 2 aromatic rings. The number of thiophene rings is 1. The van der Waals surface area contributed by atoms with Crippen molar-refractivity contribution >= 4 is 11.3 Å².